The summed E-state index contributed by atoms with van der Waals surface area (Å²) in [6, 6.07) is 6.88. The third-order valence-corrected chi connectivity index (χ3v) is 4.67. The standard InChI is InChI=1S/C22H20N2O8/c25-17-4-5-18(26)23(17)10-8-21(29)31-13-15-2-1-3-16(12-15)14-32-22(30)9-11-24-19(27)6-7-20(24)28/h1-7,12H,8-11,13-14H2. The number of imide groups is 2. The lowest BCUT2D eigenvalue weighted by atomic mass is 10.1. The first kappa shape index (κ1) is 22.6. The van der Waals surface area contributed by atoms with Crippen LogP contribution in [0, 0.1) is 0 Å². The summed E-state index contributed by atoms with van der Waals surface area (Å²) in [5.74, 6) is -2.95. The van der Waals surface area contributed by atoms with E-state index in [0.29, 0.717) is 11.1 Å². The van der Waals surface area contributed by atoms with Crippen molar-refractivity contribution < 1.29 is 38.2 Å². The Labute approximate surface area is 183 Å². The van der Waals surface area contributed by atoms with E-state index in [1.165, 1.54) is 0 Å². The molecular formula is C22H20N2O8. The molecule has 4 amide bonds. The van der Waals surface area contributed by atoms with Crippen LogP contribution in [0.1, 0.15) is 24.0 Å². The Morgan fingerprint density at radius 1 is 0.656 bits per heavy atom. The molecular weight excluding hydrogens is 420 g/mol. The average Bonchev–Trinajstić information content (AvgIpc) is 3.28. The van der Waals surface area contributed by atoms with Gasteiger partial charge in [0.2, 0.25) is 0 Å². The second kappa shape index (κ2) is 10.3. The summed E-state index contributed by atoms with van der Waals surface area (Å²) in [5.41, 5.74) is 1.34. The number of hydrogen-bond donors (Lipinski definition) is 0. The Bertz CT molecular complexity index is 913. The van der Waals surface area contributed by atoms with Crippen LogP contribution in [-0.4, -0.2) is 58.5 Å². The van der Waals surface area contributed by atoms with Gasteiger partial charge in [-0.3, -0.25) is 38.6 Å². The lowest BCUT2D eigenvalue weighted by molar-refractivity contribution is -0.148. The number of hydrogen-bond acceptors (Lipinski definition) is 8. The van der Waals surface area contributed by atoms with Crippen LogP contribution in [0.3, 0.4) is 0 Å². The van der Waals surface area contributed by atoms with Crippen LogP contribution in [0.15, 0.2) is 48.6 Å². The van der Waals surface area contributed by atoms with Crippen LogP contribution in [0.25, 0.3) is 0 Å². The normalized spacial score (nSPS) is 15.1. The highest BCUT2D eigenvalue weighted by Crippen LogP contribution is 2.11. The van der Waals surface area contributed by atoms with E-state index >= 15 is 0 Å². The minimum atomic E-state index is -0.560. The van der Waals surface area contributed by atoms with Gasteiger partial charge in [0.15, 0.2) is 0 Å². The van der Waals surface area contributed by atoms with Crippen molar-refractivity contribution in [3.8, 4) is 0 Å². The zero-order valence-electron chi connectivity index (χ0n) is 17.0. The Morgan fingerprint density at radius 3 is 1.41 bits per heavy atom. The lowest BCUT2D eigenvalue weighted by Crippen LogP contribution is -2.32. The van der Waals surface area contributed by atoms with E-state index in [4.69, 9.17) is 9.47 Å². The third-order valence-electron chi connectivity index (χ3n) is 4.67. The van der Waals surface area contributed by atoms with Gasteiger partial charge in [0, 0.05) is 37.4 Å². The van der Waals surface area contributed by atoms with Crippen molar-refractivity contribution in [2.75, 3.05) is 13.1 Å². The maximum Gasteiger partial charge on any atom is 0.307 e. The highest BCUT2D eigenvalue weighted by molar-refractivity contribution is 6.13. The zero-order chi connectivity index (χ0) is 23.1. The molecule has 0 saturated carbocycles. The van der Waals surface area contributed by atoms with Crippen LogP contribution < -0.4 is 0 Å². The van der Waals surface area contributed by atoms with E-state index < -0.39 is 35.6 Å². The monoisotopic (exact) mass is 440 g/mol. The molecule has 1 aromatic rings. The van der Waals surface area contributed by atoms with Crippen molar-refractivity contribution in [2.45, 2.75) is 26.1 Å². The topological polar surface area (TPSA) is 127 Å². The first-order valence-corrected chi connectivity index (χ1v) is 9.79. The Balaban J connectivity index is 1.38. The molecule has 0 spiro atoms. The number of esters is 2. The summed E-state index contributed by atoms with van der Waals surface area (Å²) >= 11 is 0. The minimum Gasteiger partial charge on any atom is -0.461 e. The fraction of sp³-hybridized carbons (Fsp3) is 0.273. The van der Waals surface area contributed by atoms with Crippen molar-refractivity contribution in [3.63, 3.8) is 0 Å². The molecule has 166 valence electrons. The van der Waals surface area contributed by atoms with Crippen LogP contribution in [-0.2, 0) is 51.5 Å². The number of carbonyl (C=O) groups is 6. The molecule has 0 unspecified atom stereocenters. The molecule has 0 atom stereocenters. The van der Waals surface area contributed by atoms with Gasteiger partial charge in [-0.2, -0.15) is 0 Å². The maximum absolute atomic E-state index is 11.9. The smallest absolute Gasteiger partial charge is 0.307 e. The van der Waals surface area contributed by atoms with E-state index in [2.05, 4.69) is 0 Å². The summed E-state index contributed by atoms with van der Waals surface area (Å²) < 4.78 is 10.3. The van der Waals surface area contributed by atoms with Crippen LogP contribution in [0.5, 0.6) is 0 Å². The number of nitrogens with zero attached hydrogens (tertiary/aromatic N) is 2. The summed E-state index contributed by atoms with van der Waals surface area (Å²) in [5, 5.41) is 0. The van der Waals surface area contributed by atoms with Crippen molar-refractivity contribution in [1.82, 2.24) is 9.80 Å². The predicted molar refractivity (Wildman–Crippen MR) is 107 cm³/mol. The first-order valence-electron chi connectivity index (χ1n) is 9.79. The highest BCUT2D eigenvalue weighted by Gasteiger charge is 2.24. The molecule has 10 heteroatoms. The molecule has 2 aliphatic heterocycles. The van der Waals surface area contributed by atoms with E-state index in [9.17, 15) is 28.8 Å². The molecule has 32 heavy (non-hydrogen) atoms. The molecule has 1 aromatic carbocycles. The Morgan fingerprint density at radius 2 is 1.03 bits per heavy atom. The van der Waals surface area contributed by atoms with Gasteiger partial charge in [-0.05, 0) is 17.2 Å². The van der Waals surface area contributed by atoms with Crippen LogP contribution in [0.4, 0.5) is 0 Å². The van der Waals surface area contributed by atoms with Crippen molar-refractivity contribution in [3.05, 3.63) is 59.7 Å². The number of ether oxygens (including phenoxy) is 2. The predicted octanol–water partition coefficient (Wildman–Crippen LogP) is 0.403. The highest BCUT2D eigenvalue weighted by atomic mass is 16.5. The number of carbonyl (C=O) groups excluding carboxylic acids is 6. The molecule has 10 nitrogen and oxygen atoms in total. The molecule has 2 aliphatic rings. The van der Waals surface area contributed by atoms with Gasteiger partial charge < -0.3 is 9.47 Å². The van der Waals surface area contributed by atoms with Gasteiger partial charge >= 0.3 is 11.9 Å². The lowest BCUT2D eigenvalue weighted by Gasteiger charge is -2.13. The summed E-state index contributed by atoms with van der Waals surface area (Å²) in [6.45, 7) is -0.145. The molecule has 0 fully saturated rings. The van der Waals surface area contributed by atoms with E-state index in [1.807, 2.05) is 0 Å². The summed E-state index contributed by atoms with van der Waals surface area (Å²) in [6.07, 6.45) is 4.36. The number of benzene rings is 1. The average molecular weight is 440 g/mol. The van der Waals surface area contributed by atoms with Gasteiger partial charge in [-0.15, -0.1) is 0 Å². The second-order valence-electron chi connectivity index (χ2n) is 6.96. The number of amides is 4. The molecule has 0 saturated heterocycles. The molecule has 0 aromatic heterocycles. The quantitative estimate of drug-likeness (QED) is 0.378. The van der Waals surface area contributed by atoms with Crippen molar-refractivity contribution in [1.29, 1.82) is 0 Å². The second-order valence-corrected chi connectivity index (χ2v) is 6.96. The summed E-state index contributed by atoms with van der Waals surface area (Å²) in [7, 11) is 0. The summed E-state index contributed by atoms with van der Waals surface area (Å²) in [4.78, 5) is 71.5. The molecule has 0 radical (unpaired) electrons. The zero-order valence-corrected chi connectivity index (χ0v) is 17.0. The van der Waals surface area contributed by atoms with Gasteiger partial charge in [0.1, 0.15) is 13.2 Å². The van der Waals surface area contributed by atoms with Gasteiger partial charge in [0.25, 0.3) is 23.6 Å². The van der Waals surface area contributed by atoms with E-state index in [-0.39, 0.29) is 39.1 Å². The Hall–Kier alpha value is -4.08. The minimum absolute atomic E-state index is 0.0209. The van der Waals surface area contributed by atoms with Crippen LogP contribution >= 0.6 is 0 Å². The first-order chi connectivity index (χ1) is 15.3. The van der Waals surface area contributed by atoms with Crippen molar-refractivity contribution >= 4 is 35.6 Å². The third kappa shape index (κ3) is 5.97. The van der Waals surface area contributed by atoms with E-state index in [1.54, 1.807) is 24.3 Å². The largest absolute Gasteiger partial charge is 0.461 e. The van der Waals surface area contributed by atoms with Gasteiger partial charge in [-0.1, -0.05) is 18.2 Å². The molecule has 0 bridgehead atoms. The van der Waals surface area contributed by atoms with Gasteiger partial charge in [-0.25, -0.2) is 0 Å². The molecule has 0 aliphatic carbocycles. The molecule has 3 rings (SSSR count). The Kier molecular flexibility index (Phi) is 7.27. The fourth-order valence-electron chi connectivity index (χ4n) is 2.99. The SMILES string of the molecule is O=C(CCN1C(=O)C=CC1=O)OCc1cccc(COC(=O)CCN2C(=O)C=CC2=O)c1. The fourth-order valence-corrected chi connectivity index (χ4v) is 2.99. The molecule has 0 N–H and O–H groups in total. The maximum atomic E-state index is 11.9. The van der Waals surface area contributed by atoms with Gasteiger partial charge in [0.05, 0.1) is 12.8 Å². The molecule has 2 heterocycles. The van der Waals surface area contributed by atoms with E-state index in [0.717, 1.165) is 34.1 Å². The number of rotatable bonds is 10. The van der Waals surface area contributed by atoms with Crippen molar-refractivity contribution in [2.24, 2.45) is 0 Å². The van der Waals surface area contributed by atoms with Crippen LogP contribution in [0.2, 0.25) is 0 Å².